The fraction of sp³-hybridized carbons (Fsp3) is 0.348. The highest BCUT2D eigenvalue weighted by Gasteiger charge is 2.27. The molecule has 1 amide bonds. The van der Waals surface area contributed by atoms with Gasteiger partial charge in [0.1, 0.15) is 11.8 Å². The van der Waals surface area contributed by atoms with Crippen molar-refractivity contribution in [1.29, 1.82) is 0 Å². The van der Waals surface area contributed by atoms with Crippen LogP contribution in [0.1, 0.15) is 31.4 Å². The van der Waals surface area contributed by atoms with Crippen LogP contribution < -0.4 is 10.1 Å². The lowest BCUT2D eigenvalue weighted by Gasteiger charge is -2.17. The number of aromatic nitrogens is 1. The Morgan fingerprint density at radius 1 is 1.13 bits per heavy atom. The average Bonchev–Trinajstić information content (AvgIpc) is 3.47. The lowest BCUT2D eigenvalue weighted by atomic mass is 10.2. The first-order chi connectivity index (χ1) is 14.9. The monoisotopic (exact) mass is 441 g/mol. The van der Waals surface area contributed by atoms with E-state index in [0.29, 0.717) is 24.5 Å². The van der Waals surface area contributed by atoms with Gasteiger partial charge >= 0.3 is 0 Å². The molecule has 31 heavy (non-hydrogen) atoms. The molecule has 0 aliphatic carbocycles. The Kier molecular flexibility index (Phi) is 6.02. The fourth-order valence-electron chi connectivity index (χ4n) is 4.02. The minimum Gasteiger partial charge on any atom is -0.496 e. The molecule has 1 fully saturated rings. The highest BCUT2D eigenvalue weighted by atomic mass is 32.2. The minimum absolute atomic E-state index is 0.128. The van der Waals surface area contributed by atoms with Gasteiger partial charge in [0, 0.05) is 42.3 Å². The molecule has 1 aromatic heterocycles. The number of methoxy groups -OCH3 is 1. The minimum atomic E-state index is -3.47. The summed E-state index contributed by atoms with van der Waals surface area (Å²) in [6.45, 7) is 3.34. The maximum Gasteiger partial charge on any atom is 0.243 e. The van der Waals surface area contributed by atoms with Crippen LogP contribution in [0.25, 0.3) is 10.9 Å². The Hall–Kier alpha value is -2.84. The molecule has 164 valence electrons. The molecule has 1 N–H and O–H groups in total. The van der Waals surface area contributed by atoms with Crippen molar-refractivity contribution in [2.24, 2.45) is 0 Å². The van der Waals surface area contributed by atoms with Gasteiger partial charge in [0.2, 0.25) is 15.9 Å². The molecule has 7 nitrogen and oxygen atoms in total. The summed E-state index contributed by atoms with van der Waals surface area (Å²) >= 11 is 0. The number of benzene rings is 2. The van der Waals surface area contributed by atoms with Gasteiger partial charge in [-0.3, -0.25) is 4.79 Å². The third-order valence-corrected chi connectivity index (χ3v) is 7.73. The quantitative estimate of drug-likeness (QED) is 0.610. The number of rotatable bonds is 7. The topological polar surface area (TPSA) is 80.6 Å². The van der Waals surface area contributed by atoms with Gasteiger partial charge < -0.3 is 14.6 Å². The van der Waals surface area contributed by atoms with E-state index in [9.17, 15) is 13.2 Å². The maximum atomic E-state index is 12.8. The number of hydrogen-bond acceptors (Lipinski definition) is 4. The van der Waals surface area contributed by atoms with Gasteiger partial charge in [0.15, 0.2) is 0 Å². The van der Waals surface area contributed by atoms with Gasteiger partial charge in [-0.15, -0.1) is 0 Å². The van der Waals surface area contributed by atoms with E-state index >= 15 is 0 Å². The molecule has 0 spiro atoms. The van der Waals surface area contributed by atoms with Crippen LogP contribution in [-0.2, 0) is 21.4 Å². The predicted molar refractivity (Wildman–Crippen MR) is 119 cm³/mol. The highest BCUT2D eigenvalue weighted by molar-refractivity contribution is 7.89. The molecule has 2 heterocycles. The molecule has 0 bridgehead atoms. The number of para-hydroxylation sites is 1. The smallest absolute Gasteiger partial charge is 0.243 e. The van der Waals surface area contributed by atoms with Crippen molar-refractivity contribution in [2.45, 2.75) is 37.2 Å². The maximum absolute atomic E-state index is 12.8. The van der Waals surface area contributed by atoms with Crippen molar-refractivity contribution >= 4 is 26.8 Å². The first-order valence-corrected chi connectivity index (χ1v) is 11.9. The third-order valence-electron chi connectivity index (χ3n) is 5.84. The molecule has 1 aliphatic rings. The van der Waals surface area contributed by atoms with Crippen molar-refractivity contribution < 1.29 is 17.9 Å². The van der Waals surface area contributed by atoms with E-state index < -0.39 is 16.1 Å². The van der Waals surface area contributed by atoms with Gasteiger partial charge in [-0.05, 0) is 50.1 Å². The van der Waals surface area contributed by atoms with Crippen LogP contribution in [0.4, 0.5) is 0 Å². The highest BCUT2D eigenvalue weighted by Crippen LogP contribution is 2.27. The number of hydrogen-bond donors (Lipinski definition) is 1. The molecule has 1 atom stereocenters. The summed E-state index contributed by atoms with van der Waals surface area (Å²) in [6, 6.07) is 14.1. The van der Waals surface area contributed by atoms with Gasteiger partial charge in [-0.1, -0.05) is 18.2 Å². The summed E-state index contributed by atoms with van der Waals surface area (Å²) < 4.78 is 34.4. The molecule has 1 aliphatic heterocycles. The molecule has 1 saturated heterocycles. The van der Waals surface area contributed by atoms with E-state index in [1.165, 1.54) is 0 Å². The Morgan fingerprint density at radius 3 is 2.61 bits per heavy atom. The van der Waals surface area contributed by atoms with Crippen LogP contribution in [0.15, 0.2) is 59.6 Å². The van der Waals surface area contributed by atoms with Gasteiger partial charge in [0.25, 0.3) is 0 Å². The third kappa shape index (κ3) is 4.18. The lowest BCUT2D eigenvalue weighted by molar-refractivity contribution is -0.123. The van der Waals surface area contributed by atoms with Gasteiger partial charge in [-0.2, -0.15) is 4.31 Å². The fourth-order valence-corrected chi connectivity index (χ4v) is 5.58. The number of carbonyl (C=O) groups is 1. The zero-order valence-electron chi connectivity index (χ0n) is 17.7. The second-order valence-corrected chi connectivity index (χ2v) is 9.70. The second-order valence-electron chi connectivity index (χ2n) is 7.76. The predicted octanol–water partition coefficient (Wildman–Crippen LogP) is 3.31. The number of fused-ring (bicyclic) bond motifs is 1. The second kappa shape index (κ2) is 8.72. The Bertz CT molecular complexity index is 1200. The molecule has 0 saturated carbocycles. The van der Waals surface area contributed by atoms with E-state index in [4.69, 9.17) is 4.74 Å². The van der Waals surface area contributed by atoms with Crippen LogP contribution in [0.2, 0.25) is 0 Å². The van der Waals surface area contributed by atoms with Gasteiger partial charge in [-0.25, -0.2) is 8.42 Å². The van der Waals surface area contributed by atoms with Crippen LogP contribution in [-0.4, -0.2) is 43.4 Å². The van der Waals surface area contributed by atoms with E-state index in [1.54, 1.807) is 29.6 Å². The van der Waals surface area contributed by atoms with Crippen LogP contribution >= 0.6 is 0 Å². The first kappa shape index (κ1) is 21.4. The summed E-state index contributed by atoms with van der Waals surface area (Å²) in [5.74, 6) is 0.603. The van der Waals surface area contributed by atoms with E-state index in [0.717, 1.165) is 35.1 Å². The van der Waals surface area contributed by atoms with E-state index in [2.05, 4.69) is 5.32 Å². The first-order valence-electron chi connectivity index (χ1n) is 10.4. The van der Waals surface area contributed by atoms with E-state index in [1.807, 2.05) is 48.0 Å². The summed E-state index contributed by atoms with van der Waals surface area (Å²) in [4.78, 5) is 13.1. The molecular formula is C23H27N3O4S. The molecular weight excluding hydrogens is 414 g/mol. The van der Waals surface area contributed by atoms with Crippen molar-refractivity contribution in [1.82, 2.24) is 14.2 Å². The van der Waals surface area contributed by atoms with Crippen molar-refractivity contribution in [3.05, 3.63) is 60.3 Å². The number of carbonyl (C=O) groups excluding carboxylic acids is 1. The number of ether oxygens (including phenoxy) is 1. The van der Waals surface area contributed by atoms with Gasteiger partial charge in [0.05, 0.1) is 12.0 Å². The summed E-state index contributed by atoms with van der Waals surface area (Å²) in [7, 11) is -1.87. The van der Waals surface area contributed by atoms with Crippen LogP contribution in [0.3, 0.4) is 0 Å². The average molecular weight is 442 g/mol. The summed E-state index contributed by atoms with van der Waals surface area (Å²) in [6.07, 6.45) is 3.63. The van der Waals surface area contributed by atoms with Crippen molar-refractivity contribution in [2.75, 3.05) is 20.2 Å². The number of amides is 1. The lowest BCUT2D eigenvalue weighted by Crippen LogP contribution is -2.30. The SMILES string of the molecule is COc1ccccc1CNC(=O)[C@@H](C)n1ccc2cc(S(=O)(=O)N3CCCC3)ccc21. The number of sulfonamides is 1. The molecule has 0 radical (unpaired) electrons. The Labute approximate surface area is 182 Å². The van der Waals surface area contributed by atoms with Crippen molar-refractivity contribution in [3.63, 3.8) is 0 Å². The number of nitrogens with zero attached hydrogens (tertiary/aromatic N) is 2. The summed E-state index contributed by atoms with van der Waals surface area (Å²) in [5.41, 5.74) is 1.72. The zero-order chi connectivity index (χ0) is 22.0. The molecule has 4 rings (SSSR count). The van der Waals surface area contributed by atoms with Crippen molar-refractivity contribution in [3.8, 4) is 5.75 Å². The number of nitrogens with one attached hydrogen (secondary N) is 1. The van der Waals surface area contributed by atoms with Crippen LogP contribution in [0.5, 0.6) is 5.75 Å². The standard InChI is InChI=1S/C23H27N3O4S/c1-17(23(27)24-16-19-7-3-4-8-22(19)30-2)26-14-11-18-15-20(9-10-21(18)26)31(28,29)25-12-5-6-13-25/h3-4,7-11,14-15,17H,5-6,12-13,16H2,1-2H3,(H,24,27)/t17-/m1/s1. The Morgan fingerprint density at radius 2 is 1.87 bits per heavy atom. The normalized spacial score (nSPS) is 15.8. The van der Waals surface area contributed by atoms with E-state index in [-0.39, 0.29) is 5.91 Å². The summed E-state index contributed by atoms with van der Waals surface area (Å²) in [5, 5.41) is 3.75. The molecule has 3 aromatic rings. The molecule has 0 unspecified atom stereocenters. The largest absolute Gasteiger partial charge is 0.496 e. The molecule has 2 aromatic carbocycles. The molecule has 8 heteroatoms. The van der Waals surface area contributed by atoms with Crippen LogP contribution in [0, 0.1) is 0 Å². The Balaban J connectivity index is 1.52. The zero-order valence-corrected chi connectivity index (χ0v) is 18.6.